The molecule has 2 saturated heterocycles. The lowest BCUT2D eigenvalue weighted by Crippen LogP contribution is -2.42. The summed E-state index contributed by atoms with van der Waals surface area (Å²) < 4.78 is 22.8. The molecule has 0 amide bonds. The largest absolute Gasteiger partial charge is 0.497 e. The number of ether oxygens (including phenoxy) is 4. The Kier molecular flexibility index (Phi) is 7.71. The number of anilines is 2. The van der Waals surface area contributed by atoms with E-state index in [0.29, 0.717) is 12.5 Å². The van der Waals surface area contributed by atoms with Crippen molar-refractivity contribution in [1.29, 1.82) is 0 Å². The molecular weight excluding hydrogens is 406 g/mol. The van der Waals surface area contributed by atoms with E-state index >= 15 is 0 Å². The van der Waals surface area contributed by atoms with Gasteiger partial charge in [-0.2, -0.15) is 4.98 Å². The molecule has 2 aliphatic heterocycles. The smallest absolute Gasteiger partial charge is 0.217 e. The Morgan fingerprint density at radius 2 is 1.81 bits per heavy atom. The number of morpholine rings is 1. The van der Waals surface area contributed by atoms with Crippen molar-refractivity contribution in [1.82, 2.24) is 4.98 Å². The maximum absolute atomic E-state index is 6.18. The number of methoxy groups -OCH3 is 2. The van der Waals surface area contributed by atoms with Crippen LogP contribution < -0.4 is 19.3 Å². The quantitative estimate of drug-likeness (QED) is 0.646. The Morgan fingerprint density at radius 3 is 2.53 bits per heavy atom. The Labute approximate surface area is 191 Å². The molecule has 4 rings (SSSR count). The van der Waals surface area contributed by atoms with Crippen molar-refractivity contribution >= 4 is 11.5 Å². The van der Waals surface area contributed by atoms with Crippen LogP contribution in [0.25, 0.3) is 0 Å². The number of pyridine rings is 1. The Bertz CT molecular complexity index is 855. The first kappa shape index (κ1) is 22.7. The first-order valence-electron chi connectivity index (χ1n) is 11.6. The molecule has 7 heteroatoms. The normalized spacial score (nSPS) is 21.8. The van der Waals surface area contributed by atoms with E-state index in [-0.39, 0.29) is 12.1 Å². The highest BCUT2D eigenvalue weighted by Gasteiger charge is 2.28. The van der Waals surface area contributed by atoms with E-state index in [9.17, 15) is 0 Å². The molecule has 0 saturated carbocycles. The van der Waals surface area contributed by atoms with Crippen LogP contribution in [0.1, 0.15) is 31.7 Å². The number of nitrogens with zero attached hydrogens (tertiary/aromatic N) is 3. The van der Waals surface area contributed by atoms with E-state index in [1.54, 1.807) is 7.11 Å². The average molecular weight is 442 g/mol. The van der Waals surface area contributed by atoms with Crippen LogP contribution in [0.4, 0.5) is 11.5 Å². The molecule has 0 spiro atoms. The maximum atomic E-state index is 6.18. The van der Waals surface area contributed by atoms with Crippen LogP contribution in [0.15, 0.2) is 36.4 Å². The predicted molar refractivity (Wildman–Crippen MR) is 126 cm³/mol. The summed E-state index contributed by atoms with van der Waals surface area (Å²) in [4.78, 5) is 9.66. The summed E-state index contributed by atoms with van der Waals surface area (Å²) in [5, 5.41) is 0. The van der Waals surface area contributed by atoms with Crippen molar-refractivity contribution in [2.75, 3.05) is 56.9 Å². The highest BCUT2D eigenvalue weighted by atomic mass is 16.5. The van der Waals surface area contributed by atoms with Gasteiger partial charge in [-0.1, -0.05) is 12.1 Å². The molecule has 2 aromatic rings. The number of rotatable bonds is 7. The fourth-order valence-electron chi connectivity index (χ4n) is 4.49. The van der Waals surface area contributed by atoms with Crippen LogP contribution >= 0.6 is 0 Å². The maximum Gasteiger partial charge on any atom is 0.217 e. The summed E-state index contributed by atoms with van der Waals surface area (Å²) in [6.07, 6.45) is 3.59. The molecule has 174 valence electrons. The molecule has 0 radical (unpaired) electrons. The number of aromatic nitrogens is 1. The van der Waals surface area contributed by atoms with Crippen molar-refractivity contribution < 1.29 is 18.9 Å². The van der Waals surface area contributed by atoms with Crippen molar-refractivity contribution in [3.8, 4) is 11.6 Å². The zero-order valence-electron chi connectivity index (χ0n) is 19.5. The molecule has 2 fully saturated rings. The number of hydrogen-bond acceptors (Lipinski definition) is 7. The fraction of sp³-hybridized carbons (Fsp3) is 0.560. The third kappa shape index (κ3) is 5.45. The summed E-state index contributed by atoms with van der Waals surface area (Å²) in [7, 11) is 3.48. The van der Waals surface area contributed by atoms with E-state index in [1.807, 2.05) is 31.4 Å². The van der Waals surface area contributed by atoms with Crippen LogP contribution in [0.2, 0.25) is 0 Å². The third-order valence-electron chi connectivity index (χ3n) is 6.46. The van der Waals surface area contributed by atoms with E-state index in [0.717, 1.165) is 68.5 Å². The molecule has 2 atom stereocenters. The Hall–Kier alpha value is -2.51. The van der Waals surface area contributed by atoms with Gasteiger partial charge in [0.25, 0.3) is 0 Å². The Balaban J connectivity index is 1.59. The zero-order chi connectivity index (χ0) is 22.3. The molecule has 32 heavy (non-hydrogen) atoms. The highest BCUT2D eigenvalue weighted by Crippen LogP contribution is 2.31. The summed E-state index contributed by atoms with van der Waals surface area (Å²) in [6, 6.07) is 12.4. The summed E-state index contributed by atoms with van der Waals surface area (Å²) >= 11 is 0. The SMILES string of the molecule is COc1ccc(COc2cc(N3CCOCC3)cc(N3CCCC[C@@H](OC)[C@@H]3C)n2)cc1. The topological polar surface area (TPSA) is 56.3 Å². The van der Waals surface area contributed by atoms with E-state index in [1.165, 1.54) is 6.42 Å². The second-order valence-corrected chi connectivity index (χ2v) is 8.46. The minimum Gasteiger partial charge on any atom is -0.497 e. The lowest BCUT2D eigenvalue weighted by molar-refractivity contribution is 0.0790. The Morgan fingerprint density at radius 1 is 1.03 bits per heavy atom. The monoisotopic (exact) mass is 441 g/mol. The fourth-order valence-corrected chi connectivity index (χ4v) is 4.49. The van der Waals surface area contributed by atoms with Gasteiger partial charge in [0, 0.05) is 44.6 Å². The van der Waals surface area contributed by atoms with Crippen LogP contribution in [0.3, 0.4) is 0 Å². The van der Waals surface area contributed by atoms with E-state index in [2.05, 4.69) is 28.9 Å². The van der Waals surface area contributed by atoms with Crippen molar-refractivity contribution in [3.63, 3.8) is 0 Å². The van der Waals surface area contributed by atoms with Gasteiger partial charge < -0.3 is 28.7 Å². The summed E-state index contributed by atoms with van der Waals surface area (Å²) in [6.45, 7) is 6.89. The van der Waals surface area contributed by atoms with Gasteiger partial charge in [0.15, 0.2) is 0 Å². The standard InChI is InChI=1S/C25H35N3O4/c1-19-23(30-3)6-4-5-11-28(19)24-16-21(27-12-14-31-15-13-27)17-25(26-24)32-18-20-7-9-22(29-2)10-8-20/h7-10,16-17,19,23H,4-6,11-15,18H2,1-3H3/t19-,23+/m0/s1. The van der Waals surface area contributed by atoms with Gasteiger partial charge in [-0.3, -0.25) is 0 Å². The van der Waals surface area contributed by atoms with Crippen molar-refractivity contribution in [3.05, 3.63) is 42.0 Å². The second kappa shape index (κ2) is 10.9. The lowest BCUT2D eigenvalue weighted by atomic mass is 10.1. The molecule has 1 aromatic heterocycles. The van der Waals surface area contributed by atoms with Crippen LogP contribution in [0, 0.1) is 0 Å². The minimum absolute atomic E-state index is 0.204. The zero-order valence-corrected chi connectivity index (χ0v) is 19.5. The van der Waals surface area contributed by atoms with E-state index < -0.39 is 0 Å². The second-order valence-electron chi connectivity index (χ2n) is 8.46. The van der Waals surface area contributed by atoms with Gasteiger partial charge in [0.05, 0.1) is 32.5 Å². The first-order chi connectivity index (χ1) is 15.7. The van der Waals surface area contributed by atoms with Crippen LogP contribution in [-0.2, 0) is 16.1 Å². The minimum atomic E-state index is 0.204. The molecule has 0 N–H and O–H groups in total. The van der Waals surface area contributed by atoms with Crippen molar-refractivity contribution in [2.24, 2.45) is 0 Å². The molecule has 0 aliphatic carbocycles. The lowest BCUT2D eigenvalue weighted by Gasteiger charge is -2.34. The molecule has 0 bridgehead atoms. The first-order valence-corrected chi connectivity index (χ1v) is 11.6. The van der Waals surface area contributed by atoms with Gasteiger partial charge in [-0.25, -0.2) is 0 Å². The van der Waals surface area contributed by atoms with Crippen LogP contribution in [-0.4, -0.2) is 64.2 Å². The molecule has 2 aliphatic rings. The molecule has 0 unspecified atom stereocenters. The molecule has 7 nitrogen and oxygen atoms in total. The summed E-state index contributed by atoms with van der Waals surface area (Å²) in [5.41, 5.74) is 2.21. The van der Waals surface area contributed by atoms with Gasteiger partial charge in [0.2, 0.25) is 5.88 Å². The van der Waals surface area contributed by atoms with Crippen LogP contribution in [0.5, 0.6) is 11.6 Å². The average Bonchev–Trinajstić information content (AvgIpc) is 3.04. The molecule has 3 heterocycles. The molecule has 1 aromatic carbocycles. The van der Waals surface area contributed by atoms with Gasteiger partial charge in [-0.05, 0) is 43.9 Å². The number of benzene rings is 1. The summed E-state index contributed by atoms with van der Waals surface area (Å²) in [5.74, 6) is 2.44. The van der Waals surface area contributed by atoms with Gasteiger partial charge in [0.1, 0.15) is 18.2 Å². The predicted octanol–water partition coefficient (Wildman–Crippen LogP) is 3.90. The van der Waals surface area contributed by atoms with Gasteiger partial charge >= 0.3 is 0 Å². The third-order valence-corrected chi connectivity index (χ3v) is 6.46. The number of hydrogen-bond donors (Lipinski definition) is 0. The van der Waals surface area contributed by atoms with Gasteiger partial charge in [-0.15, -0.1) is 0 Å². The highest BCUT2D eigenvalue weighted by molar-refractivity contribution is 5.59. The van der Waals surface area contributed by atoms with E-state index in [4.69, 9.17) is 23.9 Å². The molecular formula is C25H35N3O4. The van der Waals surface area contributed by atoms with Crippen molar-refractivity contribution in [2.45, 2.75) is 44.9 Å².